The summed E-state index contributed by atoms with van der Waals surface area (Å²) in [6.07, 6.45) is 0.762. The van der Waals surface area contributed by atoms with Crippen molar-refractivity contribution in [3.8, 4) is 17.0 Å². The Morgan fingerprint density at radius 2 is 1.85 bits per heavy atom. The Balaban J connectivity index is 1.58. The molecule has 3 rings (SSSR count). The summed E-state index contributed by atoms with van der Waals surface area (Å²) in [6.45, 7) is 1.90. The standard InChI is InChI=1S/C20H18FN3O2/c1-14(26-18-9-7-16(21)8-10-18)20(25)22-12-17-11-19(24-13-23-17)15-5-3-2-4-6-15/h2-11,13-14H,12H2,1H3,(H,22,25). The number of carbonyl (C=O) groups is 1. The van der Waals surface area contributed by atoms with Gasteiger partial charge in [-0.3, -0.25) is 4.79 Å². The Morgan fingerprint density at radius 1 is 1.12 bits per heavy atom. The lowest BCUT2D eigenvalue weighted by Crippen LogP contribution is -2.36. The van der Waals surface area contributed by atoms with Crippen LogP contribution in [0.15, 0.2) is 67.0 Å². The molecule has 0 saturated heterocycles. The number of ether oxygens (including phenoxy) is 1. The van der Waals surface area contributed by atoms with Gasteiger partial charge in [-0.25, -0.2) is 14.4 Å². The third-order valence-electron chi connectivity index (χ3n) is 3.73. The molecular formula is C20H18FN3O2. The van der Waals surface area contributed by atoms with Gasteiger partial charge in [-0.1, -0.05) is 30.3 Å². The fourth-order valence-electron chi connectivity index (χ4n) is 2.35. The van der Waals surface area contributed by atoms with E-state index in [1.54, 1.807) is 6.92 Å². The predicted molar refractivity (Wildman–Crippen MR) is 95.8 cm³/mol. The summed E-state index contributed by atoms with van der Waals surface area (Å²) >= 11 is 0. The molecule has 132 valence electrons. The Labute approximate surface area is 150 Å². The average Bonchev–Trinajstić information content (AvgIpc) is 2.68. The summed E-state index contributed by atoms with van der Waals surface area (Å²) in [5.74, 6) is -0.205. The van der Waals surface area contributed by atoms with Gasteiger partial charge in [-0.05, 0) is 37.3 Å². The van der Waals surface area contributed by atoms with Crippen molar-refractivity contribution in [3.63, 3.8) is 0 Å². The highest BCUT2D eigenvalue weighted by atomic mass is 19.1. The zero-order valence-corrected chi connectivity index (χ0v) is 14.2. The first kappa shape index (κ1) is 17.5. The number of benzene rings is 2. The van der Waals surface area contributed by atoms with Crippen LogP contribution in [0.3, 0.4) is 0 Å². The number of halogens is 1. The quantitative estimate of drug-likeness (QED) is 0.740. The molecule has 0 radical (unpaired) electrons. The predicted octanol–water partition coefficient (Wildman–Crippen LogP) is 3.37. The monoisotopic (exact) mass is 351 g/mol. The lowest BCUT2D eigenvalue weighted by Gasteiger charge is -2.14. The van der Waals surface area contributed by atoms with Gasteiger partial charge in [0.05, 0.1) is 17.9 Å². The molecule has 1 heterocycles. The number of aromatic nitrogens is 2. The molecule has 2 aromatic carbocycles. The molecule has 0 spiro atoms. The van der Waals surface area contributed by atoms with E-state index in [0.29, 0.717) is 11.4 Å². The molecule has 0 aliphatic rings. The van der Waals surface area contributed by atoms with Gasteiger partial charge in [-0.15, -0.1) is 0 Å². The first-order valence-electron chi connectivity index (χ1n) is 8.18. The van der Waals surface area contributed by atoms with Crippen LogP contribution in [0.1, 0.15) is 12.6 Å². The molecule has 0 bridgehead atoms. The Bertz CT molecular complexity index is 870. The molecule has 6 heteroatoms. The van der Waals surface area contributed by atoms with Crippen molar-refractivity contribution in [1.29, 1.82) is 0 Å². The van der Waals surface area contributed by atoms with Crippen molar-refractivity contribution in [1.82, 2.24) is 15.3 Å². The summed E-state index contributed by atoms with van der Waals surface area (Å²) in [6, 6.07) is 17.1. The molecule has 1 aromatic heterocycles. The van der Waals surface area contributed by atoms with Crippen molar-refractivity contribution >= 4 is 5.91 Å². The molecule has 0 aliphatic heterocycles. The van der Waals surface area contributed by atoms with E-state index in [0.717, 1.165) is 11.3 Å². The highest BCUT2D eigenvalue weighted by Gasteiger charge is 2.14. The molecule has 5 nitrogen and oxygen atoms in total. The van der Waals surface area contributed by atoms with Gasteiger partial charge in [0.25, 0.3) is 5.91 Å². The summed E-state index contributed by atoms with van der Waals surface area (Å²) < 4.78 is 18.4. The minimum absolute atomic E-state index is 0.262. The second kappa shape index (κ2) is 8.20. The maximum absolute atomic E-state index is 12.9. The molecule has 0 saturated carbocycles. The minimum atomic E-state index is -0.712. The lowest BCUT2D eigenvalue weighted by atomic mass is 10.1. The van der Waals surface area contributed by atoms with Crippen LogP contribution in [0.2, 0.25) is 0 Å². The van der Waals surface area contributed by atoms with Crippen LogP contribution >= 0.6 is 0 Å². The topological polar surface area (TPSA) is 64.1 Å². The number of nitrogens with one attached hydrogen (secondary N) is 1. The highest BCUT2D eigenvalue weighted by Crippen LogP contribution is 2.16. The summed E-state index contributed by atoms with van der Waals surface area (Å²) in [5, 5.41) is 2.78. The zero-order valence-electron chi connectivity index (χ0n) is 14.2. The lowest BCUT2D eigenvalue weighted by molar-refractivity contribution is -0.127. The van der Waals surface area contributed by atoms with Crippen LogP contribution in [-0.4, -0.2) is 22.0 Å². The van der Waals surface area contributed by atoms with E-state index in [9.17, 15) is 9.18 Å². The fraction of sp³-hybridized carbons (Fsp3) is 0.150. The Kier molecular flexibility index (Phi) is 5.53. The SMILES string of the molecule is CC(Oc1ccc(F)cc1)C(=O)NCc1cc(-c2ccccc2)ncn1. The van der Waals surface area contributed by atoms with Crippen LogP contribution in [0.4, 0.5) is 4.39 Å². The van der Waals surface area contributed by atoms with Crippen LogP contribution in [0.25, 0.3) is 11.3 Å². The Hall–Kier alpha value is -3.28. The van der Waals surface area contributed by atoms with Crippen LogP contribution in [0.5, 0.6) is 5.75 Å². The van der Waals surface area contributed by atoms with E-state index in [4.69, 9.17) is 4.74 Å². The number of hydrogen-bond acceptors (Lipinski definition) is 4. The number of nitrogens with zero attached hydrogens (tertiary/aromatic N) is 2. The first-order chi connectivity index (χ1) is 12.6. The van der Waals surface area contributed by atoms with E-state index < -0.39 is 6.10 Å². The van der Waals surface area contributed by atoms with Crippen molar-refractivity contribution in [2.24, 2.45) is 0 Å². The van der Waals surface area contributed by atoms with E-state index in [-0.39, 0.29) is 18.3 Å². The van der Waals surface area contributed by atoms with Crippen LogP contribution < -0.4 is 10.1 Å². The molecule has 1 amide bonds. The highest BCUT2D eigenvalue weighted by molar-refractivity contribution is 5.80. The second-order valence-electron chi connectivity index (χ2n) is 5.69. The summed E-state index contributed by atoms with van der Waals surface area (Å²) in [5.41, 5.74) is 2.47. The second-order valence-corrected chi connectivity index (χ2v) is 5.69. The molecular weight excluding hydrogens is 333 g/mol. The average molecular weight is 351 g/mol. The van der Waals surface area contributed by atoms with Gasteiger partial charge >= 0.3 is 0 Å². The number of rotatable bonds is 6. The number of hydrogen-bond donors (Lipinski definition) is 1. The molecule has 0 aliphatic carbocycles. The van der Waals surface area contributed by atoms with Crippen molar-refractivity contribution in [2.75, 3.05) is 0 Å². The normalized spacial score (nSPS) is 11.6. The minimum Gasteiger partial charge on any atom is -0.481 e. The third kappa shape index (κ3) is 4.63. The molecule has 0 fully saturated rings. The smallest absolute Gasteiger partial charge is 0.261 e. The summed E-state index contributed by atoms with van der Waals surface area (Å²) in [4.78, 5) is 20.6. The number of amides is 1. The van der Waals surface area contributed by atoms with E-state index in [1.165, 1.54) is 30.6 Å². The maximum atomic E-state index is 12.9. The van der Waals surface area contributed by atoms with Gasteiger partial charge in [-0.2, -0.15) is 0 Å². The van der Waals surface area contributed by atoms with Crippen molar-refractivity contribution in [3.05, 3.63) is 78.5 Å². The van der Waals surface area contributed by atoms with Gasteiger partial charge in [0.2, 0.25) is 0 Å². The molecule has 1 N–H and O–H groups in total. The van der Waals surface area contributed by atoms with E-state index >= 15 is 0 Å². The molecule has 26 heavy (non-hydrogen) atoms. The van der Waals surface area contributed by atoms with E-state index in [1.807, 2.05) is 36.4 Å². The van der Waals surface area contributed by atoms with Gasteiger partial charge in [0.1, 0.15) is 17.9 Å². The molecule has 3 aromatic rings. The fourth-order valence-corrected chi connectivity index (χ4v) is 2.35. The largest absolute Gasteiger partial charge is 0.481 e. The maximum Gasteiger partial charge on any atom is 0.261 e. The summed E-state index contributed by atoms with van der Waals surface area (Å²) in [7, 11) is 0. The van der Waals surface area contributed by atoms with Gasteiger partial charge < -0.3 is 10.1 Å². The molecule has 1 atom stereocenters. The van der Waals surface area contributed by atoms with Crippen LogP contribution in [0, 0.1) is 5.82 Å². The third-order valence-corrected chi connectivity index (χ3v) is 3.73. The van der Waals surface area contributed by atoms with Crippen molar-refractivity contribution < 1.29 is 13.9 Å². The molecule has 1 unspecified atom stereocenters. The van der Waals surface area contributed by atoms with Crippen LogP contribution in [-0.2, 0) is 11.3 Å². The zero-order chi connectivity index (χ0) is 18.4. The Morgan fingerprint density at radius 3 is 2.58 bits per heavy atom. The first-order valence-corrected chi connectivity index (χ1v) is 8.18. The van der Waals surface area contributed by atoms with E-state index in [2.05, 4.69) is 15.3 Å². The van der Waals surface area contributed by atoms with Crippen molar-refractivity contribution in [2.45, 2.75) is 19.6 Å². The van der Waals surface area contributed by atoms with Gasteiger partial charge in [0, 0.05) is 5.56 Å². The number of carbonyl (C=O) groups excluding carboxylic acids is 1. The van der Waals surface area contributed by atoms with Gasteiger partial charge in [0.15, 0.2) is 6.10 Å².